The van der Waals surface area contributed by atoms with Gasteiger partial charge in [-0.2, -0.15) is 18.4 Å². The highest BCUT2D eigenvalue weighted by atomic mass is 35.5. The van der Waals surface area contributed by atoms with Gasteiger partial charge in [-0.3, -0.25) is 9.88 Å². The zero-order valence-electron chi connectivity index (χ0n) is 24.9. The normalized spacial score (nSPS) is 16.8. The van der Waals surface area contributed by atoms with E-state index in [1.54, 1.807) is 36.6 Å². The average molecular weight is 666 g/mol. The van der Waals surface area contributed by atoms with Crippen LogP contribution in [0.25, 0.3) is 22.4 Å². The number of alkyl halides is 3. The molecule has 1 aromatic carbocycles. The molecular weight excluding hydrogens is 638 g/mol. The highest BCUT2D eigenvalue weighted by molar-refractivity contribution is 6.35. The van der Waals surface area contributed by atoms with E-state index in [9.17, 15) is 22.8 Å². The molecule has 1 N–H and O–H groups in total. The van der Waals surface area contributed by atoms with Crippen LogP contribution in [0.1, 0.15) is 59.9 Å². The summed E-state index contributed by atoms with van der Waals surface area (Å²) in [6.07, 6.45) is 1.93. The van der Waals surface area contributed by atoms with Crippen molar-refractivity contribution in [3.05, 3.63) is 88.0 Å². The van der Waals surface area contributed by atoms with Gasteiger partial charge in [-0.15, -0.1) is 10.2 Å². The molecule has 0 bridgehead atoms. The molecule has 242 valence electrons. The predicted octanol–water partition coefficient (Wildman–Crippen LogP) is 7.62. The standard InChI is InChI=1S/C33H28ClF4N7O2/c34-24-2-1-20(28-23(24)7-12-46-28)17-47-30-25(35)3-4-26(41-30)19-5-10-45(11-6-19)16-27-21(14-32(18-39)8-9-32)13-22(15-40-27)29-42-31(44-43-29)33(36,37)38/h1-4,7,12-13,15,19H,5-6,8-11,14,16-17H2,(H,42,43,44). The molecule has 9 nitrogen and oxygen atoms in total. The number of hydrogen-bond acceptors (Lipinski definition) is 8. The molecule has 1 aliphatic carbocycles. The Morgan fingerprint density at radius 1 is 1.11 bits per heavy atom. The van der Waals surface area contributed by atoms with Crippen LogP contribution in [0.4, 0.5) is 17.6 Å². The Hall–Kier alpha value is -4.54. The van der Waals surface area contributed by atoms with Gasteiger partial charge in [-0.05, 0) is 81.1 Å². The molecule has 5 aromatic rings. The minimum Gasteiger partial charge on any atom is -0.471 e. The zero-order valence-corrected chi connectivity index (χ0v) is 25.7. The van der Waals surface area contributed by atoms with Crippen LogP contribution < -0.4 is 4.74 Å². The molecule has 0 spiro atoms. The van der Waals surface area contributed by atoms with Crippen molar-refractivity contribution in [2.75, 3.05) is 13.1 Å². The average Bonchev–Trinajstić information content (AvgIpc) is 3.40. The van der Waals surface area contributed by atoms with Gasteiger partial charge in [-0.1, -0.05) is 17.7 Å². The lowest BCUT2D eigenvalue weighted by molar-refractivity contribution is -0.144. The lowest BCUT2D eigenvalue weighted by Crippen LogP contribution is -2.33. The number of ether oxygens (including phenoxy) is 1. The van der Waals surface area contributed by atoms with E-state index < -0.39 is 23.2 Å². The number of pyridine rings is 2. The van der Waals surface area contributed by atoms with E-state index >= 15 is 0 Å². The summed E-state index contributed by atoms with van der Waals surface area (Å²) in [5.74, 6) is -1.74. The molecular formula is C33H28ClF4N7O2. The van der Waals surface area contributed by atoms with Gasteiger partial charge in [0.2, 0.25) is 5.82 Å². The van der Waals surface area contributed by atoms with E-state index in [0.717, 1.165) is 66.7 Å². The SMILES string of the molecule is N#CC1(Cc2cc(-c3nnc(C(F)(F)F)[nH]3)cnc2CN2CCC(c3ccc(F)c(OCc4ccc(Cl)c5ccoc45)n3)CC2)CC1. The molecule has 1 saturated carbocycles. The van der Waals surface area contributed by atoms with Gasteiger partial charge in [0.05, 0.1) is 28.5 Å². The maximum Gasteiger partial charge on any atom is 0.451 e. The number of aromatic nitrogens is 5. The summed E-state index contributed by atoms with van der Waals surface area (Å²) < 4.78 is 65.3. The van der Waals surface area contributed by atoms with Crippen molar-refractivity contribution in [3.8, 4) is 23.3 Å². The van der Waals surface area contributed by atoms with E-state index in [1.165, 1.54) is 12.3 Å². The van der Waals surface area contributed by atoms with E-state index in [2.05, 4.69) is 36.1 Å². The van der Waals surface area contributed by atoms with Crippen LogP contribution in [0.15, 0.2) is 53.3 Å². The summed E-state index contributed by atoms with van der Waals surface area (Å²) in [7, 11) is 0. The second kappa shape index (κ2) is 12.2. The van der Waals surface area contributed by atoms with Crippen LogP contribution in [0.3, 0.4) is 0 Å². The summed E-state index contributed by atoms with van der Waals surface area (Å²) in [5, 5.41) is 18.0. The van der Waals surface area contributed by atoms with Crippen LogP contribution in [0.2, 0.25) is 5.02 Å². The maximum absolute atomic E-state index is 14.7. The third kappa shape index (κ3) is 6.53. The van der Waals surface area contributed by atoms with Crippen LogP contribution in [-0.4, -0.2) is 43.1 Å². The molecule has 5 heterocycles. The Balaban J connectivity index is 1.02. The molecule has 2 aliphatic rings. The van der Waals surface area contributed by atoms with Gasteiger partial charge < -0.3 is 14.1 Å². The molecule has 0 atom stereocenters. The number of benzene rings is 1. The molecule has 2 fully saturated rings. The monoisotopic (exact) mass is 665 g/mol. The molecule has 14 heteroatoms. The number of nitrogens with one attached hydrogen (secondary N) is 1. The van der Waals surface area contributed by atoms with Gasteiger partial charge in [0.15, 0.2) is 11.6 Å². The Kier molecular flexibility index (Phi) is 8.09. The molecule has 7 rings (SSSR count). The Morgan fingerprint density at radius 2 is 1.91 bits per heavy atom. The molecule has 47 heavy (non-hydrogen) atoms. The van der Waals surface area contributed by atoms with Crippen molar-refractivity contribution in [2.24, 2.45) is 5.41 Å². The molecule has 4 aromatic heterocycles. The molecule has 1 saturated heterocycles. The predicted molar refractivity (Wildman–Crippen MR) is 163 cm³/mol. The summed E-state index contributed by atoms with van der Waals surface area (Å²) >= 11 is 6.23. The Morgan fingerprint density at radius 3 is 2.64 bits per heavy atom. The number of nitriles is 1. The lowest BCUT2D eigenvalue weighted by atomic mass is 9.92. The molecule has 1 aliphatic heterocycles. The minimum absolute atomic E-state index is 0.0298. The first kappa shape index (κ1) is 31.1. The van der Waals surface area contributed by atoms with Crippen molar-refractivity contribution in [1.82, 2.24) is 30.0 Å². The minimum atomic E-state index is -4.64. The number of fused-ring (bicyclic) bond motifs is 1. The second-order valence-corrected chi connectivity index (χ2v) is 12.6. The number of aromatic amines is 1. The van der Waals surface area contributed by atoms with Crippen LogP contribution in [-0.2, 0) is 25.7 Å². The third-order valence-corrected chi connectivity index (χ3v) is 9.26. The Bertz CT molecular complexity index is 1970. The van der Waals surface area contributed by atoms with Gasteiger partial charge in [0, 0.05) is 40.9 Å². The molecule has 0 unspecified atom stereocenters. The topological polar surface area (TPSA) is 117 Å². The number of hydrogen-bond donors (Lipinski definition) is 1. The quantitative estimate of drug-likeness (QED) is 0.160. The fraction of sp³-hybridized carbons (Fsp3) is 0.364. The van der Waals surface area contributed by atoms with Crippen LogP contribution in [0, 0.1) is 22.6 Å². The Labute approximate surface area is 271 Å². The van der Waals surface area contributed by atoms with E-state index in [-0.39, 0.29) is 24.2 Å². The number of H-pyrrole nitrogens is 1. The first-order chi connectivity index (χ1) is 22.6. The lowest BCUT2D eigenvalue weighted by Gasteiger charge is -2.32. The van der Waals surface area contributed by atoms with Crippen LogP contribution >= 0.6 is 11.6 Å². The fourth-order valence-electron chi connectivity index (χ4n) is 6.04. The molecule has 0 amide bonds. The van der Waals surface area contributed by atoms with Crippen molar-refractivity contribution < 1.29 is 26.7 Å². The largest absolute Gasteiger partial charge is 0.471 e. The van der Waals surface area contributed by atoms with Gasteiger partial charge in [-0.25, -0.2) is 9.37 Å². The third-order valence-electron chi connectivity index (χ3n) is 8.93. The van der Waals surface area contributed by atoms with E-state index in [0.29, 0.717) is 29.1 Å². The number of halogens is 5. The summed E-state index contributed by atoms with van der Waals surface area (Å²) in [5.41, 5.74) is 3.54. The smallest absolute Gasteiger partial charge is 0.451 e. The van der Waals surface area contributed by atoms with E-state index in [4.69, 9.17) is 20.8 Å². The summed E-state index contributed by atoms with van der Waals surface area (Å²) in [4.78, 5) is 13.6. The fourth-order valence-corrected chi connectivity index (χ4v) is 6.25. The number of likely N-dealkylation sites (tertiary alicyclic amines) is 1. The number of nitrogens with zero attached hydrogens (tertiary/aromatic N) is 6. The van der Waals surface area contributed by atoms with Gasteiger partial charge in [0.1, 0.15) is 12.2 Å². The summed E-state index contributed by atoms with van der Waals surface area (Å²) in [6.45, 7) is 2.03. The second-order valence-electron chi connectivity index (χ2n) is 12.2. The first-order valence-electron chi connectivity index (χ1n) is 15.2. The van der Waals surface area contributed by atoms with E-state index in [1.807, 2.05) is 0 Å². The maximum atomic E-state index is 14.7. The number of piperidine rings is 1. The van der Waals surface area contributed by atoms with Gasteiger partial charge >= 0.3 is 6.18 Å². The first-order valence-corrected chi connectivity index (χ1v) is 15.5. The van der Waals surface area contributed by atoms with Crippen LogP contribution in [0.5, 0.6) is 5.88 Å². The van der Waals surface area contributed by atoms with Crippen molar-refractivity contribution in [3.63, 3.8) is 0 Å². The number of furan rings is 1. The number of rotatable bonds is 9. The highest BCUT2D eigenvalue weighted by Gasteiger charge is 2.44. The molecule has 0 radical (unpaired) electrons. The summed E-state index contributed by atoms with van der Waals surface area (Å²) in [6, 6.07) is 12.5. The van der Waals surface area contributed by atoms with Crippen molar-refractivity contribution in [1.29, 1.82) is 5.26 Å². The zero-order chi connectivity index (χ0) is 32.8. The van der Waals surface area contributed by atoms with Gasteiger partial charge in [0.25, 0.3) is 5.88 Å². The van der Waals surface area contributed by atoms with Crippen molar-refractivity contribution in [2.45, 2.75) is 57.3 Å². The van der Waals surface area contributed by atoms with Crippen molar-refractivity contribution >= 4 is 22.6 Å². The highest BCUT2D eigenvalue weighted by Crippen LogP contribution is 2.48.